The highest BCUT2D eigenvalue weighted by atomic mass is 16.3. The smallest absolute Gasteiger partial charge is 0.230 e. The van der Waals surface area contributed by atoms with Crippen LogP contribution in [-0.4, -0.2) is 56.5 Å². The van der Waals surface area contributed by atoms with E-state index >= 15 is 0 Å². The van der Waals surface area contributed by atoms with E-state index in [4.69, 9.17) is 0 Å². The summed E-state index contributed by atoms with van der Waals surface area (Å²) in [6, 6.07) is 1.87. The van der Waals surface area contributed by atoms with Crippen LogP contribution in [0.3, 0.4) is 0 Å². The topological polar surface area (TPSA) is 96.2 Å². The largest absolute Gasteiger partial charge is 0.392 e. The number of nitrogens with zero attached hydrogens (tertiary/aromatic N) is 5. The summed E-state index contributed by atoms with van der Waals surface area (Å²) in [4.78, 5) is 23.2. The Morgan fingerprint density at radius 1 is 1.36 bits per heavy atom. The fraction of sp³-hybridized carbons (Fsp3) is 0.529. The summed E-state index contributed by atoms with van der Waals surface area (Å²) in [6.07, 6.45) is 6.72. The highest BCUT2D eigenvalue weighted by Crippen LogP contribution is 2.38. The van der Waals surface area contributed by atoms with Crippen molar-refractivity contribution in [2.75, 3.05) is 24.5 Å². The third kappa shape index (κ3) is 2.76. The molecule has 0 radical (unpaired) electrons. The first kappa shape index (κ1) is 16.0. The Bertz CT molecular complexity index is 791. The predicted octanol–water partition coefficient (Wildman–Crippen LogP) is 0.438. The van der Waals surface area contributed by atoms with Gasteiger partial charge in [0.1, 0.15) is 12.1 Å². The molecule has 2 aromatic rings. The van der Waals surface area contributed by atoms with E-state index in [1.54, 1.807) is 10.9 Å². The minimum Gasteiger partial charge on any atom is -0.392 e. The SMILES string of the molecule is Cc1cnn(-c2cc(N3CC[C@H](O)[C@@]4(CCCNC4=O)C3)ncn2)c1. The molecule has 8 heteroatoms. The zero-order valence-electron chi connectivity index (χ0n) is 14.2. The molecule has 2 aliphatic rings. The molecule has 1 amide bonds. The summed E-state index contributed by atoms with van der Waals surface area (Å²) in [7, 11) is 0. The number of hydrogen-bond acceptors (Lipinski definition) is 6. The van der Waals surface area contributed by atoms with Crippen molar-refractivity contribution in [2.45, 2.75) is 32.3 Å². The maximum absolute atomic E-state index is 12.5. The molecule has 0 unspecified atom stereocenters. The third-order valence-electron chi connectivity index (χ3n) is 5.23. The number of aliphatic hydroxyl groups is 1. The van der Waals surface area contributed by atoms with Gasteiger partial charge in [-0.3, -0.25) is 4.79 Å². The normalized spacial score (nSPS) is 26.7. The lowest BCUT2D eigenvalue weighted by atomic mass is 9.71. The lowest BCUT2D eigenvalue weighted by molar-refractivity contribution is -0.142. The minimum absolute atomic E-state index is 0.0482. The van der Waals surface area contributed by atoms with Crippen LogP contribution in [-0.2, 0) is 4.79 Å². The summed E-state index contributed by atoms with van der Waals surface area (Å²) >= 11 is 0. The van der Waals surface area contributed by atoms with Crippen molar-refractivity contribution in [1.29, 1.82) is 0 Å². The van der Waals surface area contributed by atoms with Gasteiger partial charge in [-0.15, -0.1) is 0 Å². The molecule has 0 bridgehead atoms. The lowest BCUT2D eigenvalue weighted by Crippen LogP contribution is -2.61. The van der Waals surface area contributed by atoms with Crippen molar-refractivity contribution in [3.8, 4) is 5.82 Å². The van der Waals surface area contributed by atoms with Crippen LogP contribution in [0.2, 0.25) is 0 Å². The predicted molar refractivity (Wildman–Crippen MR) is 91.4 cm³/mol. The van der Waals surface area contributed by atoms with E-state index < -0.39 is 11.5 Å². The maximum Gasteiger partial charge on any atom is 0.230 e. The molecule has 0 aromatic carbocycles. The van der Waals surface area contributed by atoms with Gasteiger partial charge in [0.05, 0.1) is 17.7 Å². The van der Waals surface area contributed by atoms with Crippen LogP contribution in [0.25, 0.3) is 5.82 Å². The number of piperidine rings is 2. The fourth-order valence-electron chi connectivity index (χ4n) is 3.81. The number of nitrogens with one attached hydrogen (secondary N) is 1. The molecule has 1 spiro atoms. The van der Waals surface area contributed by atoms with Gasteiger partial charge in [-0.2, -0.15) is 5.10 Å². The van der Waals surface area contributed by atoms with Gasteiger partial charge in [-0.05, 0) is 31.7 Å². The van der Waals surface area contributed by atoms with Gasteiger partial charge in [0.15, 0.2) is 5.82 Å². The lowest BCUT2D eigenvalue weighted by Gasteiger charge is -2.47. The van der Waals surface area contributed by atoms with Crippen LogP contribution in [0.15, 0.2) is 24.8 Å². The van der Waals surface area contributed by atoms with E-state index in [2.05, 4.69) is 25.3 Å². The first-order chi connectivity index (χ1) is 12.1. The number of aryl methyl sites for hydroxylation is 1. The molecule has 132 valence electrons. The van der Waals surface area contributed by atoms with Gasteiger partial charge in [-0.1, -0.05) is 0 Å². The number of anilines is 1. The Balaban J connectivity index is 1.63. The van der Waals surface area contributed by atoms with Gasteiger partial charge in [0.2, 0.25) is 5.91 Å². The van der Waals surface area contributed by atoms with E-state index in [1.807, 2.05) is 19.2 Å². The Morgan fingerprint density at radius 2 is 2.20 bits per heavy atom. The molecule has 2 N–H and O–H groups in total. The monoisotopic (exact) mass is 342 g/mol. The van der Waals surface area contributed by atoms with Crippen LogP contribution in [0.1, 0.15) is 24.8 Å². The molecule has 8 nitrogen and oxygen atoms in total. The highest BCUT2D eigenvalue weighted by Gasteiger charge is 2.50. The van der Waals surface area contributed by atoms with Crippen molar-refractivity contribution in [3.63, 3.8) is 0 Å². The van der Waals surface area contributed by atoms with E-state index in [1.165, 1.54) is 6.33 Å². The van der Waals surface area contributed by atoms with Crippen LogP contribution in [0, 0.1) is 12.3 Å². The molecule has 0 saturated carbocycles. The van der Waals surface area contributed by atoms with Gasteiger partial charge in [0, 0.05) is 31.9 Å². The van der Waals surface area contributed by atoms with Crippen molar-refractivity contribution in [2.24, 2.45) is 5.41 Å². The zero-order valence-corrected chi connectivity index (χ0v) is 14.2. The number of aromatic nitrogens is 4. The third-order valence-corrected chi connectivity index (χ3v) is 5.23. The molecule has 0 aliphatic carbocycles. The molecule has 2 atom stereocenters. The minimum atomic E-state index is -0.746. The average molecular weight is 342 g/mol. The van der Waals surface area contributed by atoms with E-state index in [0.29, 0.717) is 38.3 Å². The van der Waals surface area contributed by atoms with E-state index in [-0.39, 0.29) is 5.91 Å². The second-order valence-electron chi connectivity index (χ2n) is 6.94. The number of amides is 1. The van der Waals surface area contributed by atoms with Crippen molar-refractivity contribution < 1.29 is 9.90 Å². The van der Waals surface area contributed by atoms with Crippen LogP contribution in [0.4, 0.5) is 5.82 Å². The molecule has 2 saturated heterocycles. The first-order valence-electron chi connectivity index (χ1n) is 8.63. The molecular formula is C17H22N6O2. The van der Waals surface area contributed by atoms with E-state index in [9.17, 15) is 9.90 Å². The second-order valence-corrected chi connectivity index (χ2v) is 6.94. The Morgan fingerprint density at radius 3 is 2.96 bits per heavy atom. The highest BCUT2D eigenvalue weighted by molar-refractivity contribution is 5.85. The Hall–Kier alpha value is -2.48. The number of carbonyl (C=O) groups excluding carboxylic acids is 1. The van der Waals surface area contributed by atoms with Gasteiger partial charge >= 0.3 is 0 Å². The zero-order chi connectivity index (χ0) is 17.4. The Labute approximate surface area is 145 Å². The van der Waals surface area contributed by atoms with Crippen molar-refractivity contribution in [3.05, 3.63) is 30.4 Å². The van der Waals surface area contributed by atoms with Gasteiger partial charge < -0.3 is 15.3 Å². The second kappa shape index (κ2) is 6.11. The average Bonchev–Trinajstić information content (AvgIpc) is 3.06. The molecule has 2 fully saturated rings. The Kier molecular flexibility index (Phi) is 3.91. The van der Waals surface area contributed by atoms with Crippen LogP contribution < -0.4 is 10.2 Å². The van der Waals surface area contributed by atoms with Gasteiger partial charge in [0.25, 0.3) is 0 Å². The summed E-state index contributed by atoms with van der Waals surface area (Å²) in [5.41, 5.74) is 0.309. The van der Waals surface area contributed by atoms with Crippen LogP contribution in [0.5, 0.6) is 0 Å². The molecule has 4 heterocycles. The van der Waals surface area contributed by atoms with Gasteiger partial charge in [-0.25, -0.2) is 14.6 Å². The summed E-state index contributed by atoms with van der Waals surface area (Å²) in [5.74, 6) is 1.39. The van der Waals surface area contributed by atoms with Crippen molar-refractivity contribution >= 4 is 11.7 Å². The molecule has 25 heavy (non-hydrogen) atoms. The fourth-order valence-corrected chi connectivity index (χ4v) is 3.81. The van der Waals surface area contributed by atoms with Crippen molar-refractivity contribution in [1.82, 2.24) is 25.1 Å². The summed E-state index contributed by atoms with van der Waals surface area (Å²) in [6.45, 7) is 3.78. The van der Waals surface area contributed by atoms with Crippen LogP contribution >= 0.6 is 0 Å². The number of hydrogen-bond donors (Lipinski definition) is 2. The summed E-state index contributed by atoms with van der Waals surface area (Å²) in [5, 5.41) is 17.7. The summed E-state index contributed by atoms with van der Waals surface area (Å²) < 4.78 is 1.71. The quantitative estimate of drug-likeness (QED) is 0.822. The molecule has 4 rings (SSSR count). The first-order valence-corrected chi connectivity index (χ1v) is 8.63. The van der Waals surface area contributed by atoms with E-state index in [0.717, 1.165) is 17.8 Å². The number of rotatable bonds is 2. The molecule has 2 aromatic heterocycles. The standard InChI is InChI=1S/C17H22N6O2/c1-12-8-21-23(9-12)15-7-14(19-11-20-15)22-6-3-13(24)17(10-22)4-2-5-18-16(17)25/h7-9,11,13,24H,2-6,10H2,1H3,(H,18,25)/t13-,17+/m0/s1. The molecular weight excluding hydrogens is 320 g/mol. The number of aliphatic hydroxyl groups excluding tert-OH is 1. The molecule has 2 aliphatic heterocycles. The maximum atomic E-state index is 12.5. The number of carbonyl (C=O) groups is 1.